The summed E-state index contributed by atoms with van der Waals surface area (Å²) in [5.74, 6) is 1.36. The number of ether oxygens (including phenoxy) is 2. The molecule has 4 nitrogen and oxygen atoms in total. The summed E-state index contributed by atoms with van der Waals surface area (Å²) in [4.78, 5) is 11.2. The number of fused-ring (bicyclic) bond motifs is 1. The van der Waals surface area contributed by atoms with Crippen LogP contribution in [0, 0.1) is 0 Å². The molecule has 1 aliphatic heterocycles. The quantitative estimate of drug-likeness (QED) is 0.768. The van der Waals surface area contributed by atoms with Crippen molar-refractivity contribution in [2.75, 3.05) is 13.8 Å². The number of hydrogen-bond acceptors (Lipinski definition) is 3. The van der Waals surface area contributed by atoms with Crippen LogP contribution in [0.5, 0.6) is 11.5 Å². The van der Waals surface area contributed by atoms with E-state index in [1.807, 2.05) is 25.1 Å². The standard InChI is InChI=1S/C12H13NO3/c1-8(5-12(14)13-2)9-3-4-10-11(6-9)16-7-15-10/h3-6H,7H2,1-2H3,(H,13,14)/b8-5+. The van der Waals surface area contributed by atoms with Gasteiger partial charge in [-0.2, -0.15) is 0 Å². The number of likely N-dealkylation sites (N-methyl/N-ethyl adjacent to an activating group) is 1. The van der Waals surface area contributed by atoms with E-state index in [1.54, 1.807) is 13.1 Å². The van der Waals surface area contributed by atoms with Crippen LogP contribution < -0.4 is 14.8 Å². The molecule has 0 aromatic heterocycles. The molecule has 16 heavy (non-hydrogen) atoms. The third-order valence-corrected chi connectivity index (χ3v) is 2.42. The number of allylic oxidation sites excluding steroid dienone is 1. The summed E-state index contributed by atoms with van der Waals surface area (Å²) in [6.45, 7) is 2.14. The molecule has 1 aliphatic rings. The molecule has 4 heteroatoms. The van der Waals surface area contributed by atoms with E-state index in [9.17, 15) is 4.79 Å². The summed E-state index contributed by atoms with van der Waals surface area (Å²) >= 11 is 0. The molecule has 0 bridgehead atoms. The monoisotopic (exact) mass is 219 g/mol. The van der Waals surface area contributed by atoms with Gasteiger partial charge in [0.05, 0.1) is 0 Å². The SMILES string of the molecule is CNC(=O)/C=C(\C)c1ccc2c(c1)OCO2. The zero-order valence-electron chi connectivity index (χ0n) is 9.24. The van der Waals surface area contributed by atoms with Gasteiger partial charge in [-0.15, -0.1) is 0 Å². The van der Waals surface area contributed by atoms with Gasteiger partial charge >= 0.3 is 0 Å². The Kier molecular flexibility index (Phi) is 2.81. The van der Waals surface area contributed by atoms with E-state index >= 15 is 0 Å². The zero-order chi connectivity index (χ0) is 11.5. The lowest BCUT2D eigenvalue weighted by molar-refractivity contribution is -0.116. The molecule has 0 atom stereocenters. The van der Waals surface area contributed by atoms with Gasteiger partial charge in [0.15, 0.2) is 11.5 Å². The van der Waals surface area contributed by atoms with Crippen molar-refractivity contribution < 1.29 is 14.3 Å². The number of rotatable bonds is 2. The minimum atomic E-state index is -0.116. The van der Waals surface area contributed by atoms with Crippen molar-refractivity contribution in [3.63, 3.8) is 0 Å². The van der Waals surface area contributed by atoms with Crippen LogP contribution >= 0.6 is 0 Å². The van der Waals surface area contributed by atoms with Crippen molar-refractivity contribution in [3.05, 3.63) is 29.8 Å². The van der Waals surface area contributed by atoms with Gasteiger partial charge in [-0.3, -0.25) is 4.79 Å². The maximum Gasteiger partial charge on any atom is 0.244 e. The smallest absolute Gasteiger partial charge is 0.244 e. The molecule has 1 heterocycles. The lowest BCUT2D eigenvalue weighted by atomic mass is 10.1. The maximum atomic E-state index is 11.2. The van der Waals surface area contributed by atoms with Crippen molar-refractivity contribution in [3.8, 4) is 11.5 Å². The highest BCUT2D eigenvalue weighted by Crippen LogP contribution is 2.34. The van der Waals surface area contributed by atoms with Gasteiger partial charge < -0.3 is 14.8 Å². The second-order valence-corrected chi connectivity index (χ2v) is 3.51. The summed E-state index contributed by atoms with van der Waals surface area (Å²) < 4.78 is 10.5. The summed E-state index contributed by atoms with van der Waals surface area (Å²) in [6.07, 6.45) is 1.55. The Labute approximate surface area is 93.9 Å². The first kappa shape index (κ1) is 10.5. The maximum absolute atomic E-state index is 11.2. The predicted molar refractivity (Wildman–Crippen MR) is 60.3 cm³/mol. The van der Waals surface area contributed by atoms with E-state index < -0.39 is 0 Å². The molecule has 1 aromatic rings. The Balaban J connectivity index is 2.28. The van der Waals surface area contributed by atoms with Crippen molar-refractivity contribution in [1.82, 2.24) is 5.32 Å². The number of nitrogens with one attached hydrogen (secondary N) is 1. The first-order valence-electron chi connectivity index (χ1n) is 5.01. The van der Waals surface area contributed by atoms with Crippen LogP contribution in [-0.4, -0.2) is 19.7 Å². The average molecular weight is 219 g/mol. The second-order valence-electron chi connectivity index (χ2n) is 3.51. The van der Waals surface area contributed by atoms with Crippen LogP contribution in [0.1, 0.15) is 12.5 Å². The van der Waals surface area contributed by atoms with Gasteiger partial charge in [-0.1, -0.05) is 6.07 Å². The Morgan fingerprint density at radius 1 is 1.38 bits per heavy atom. The van der Waals surface area contributed by atoms with Crippen molar-refractivity contribution in [2.45, 2.75) is 6.92 Å². The summed E-state index contributed by atoms with van der Waals surface area (Å²) in [6, 6.07) is 5.62. The number of hydrogen-bond donors (Lipinski definition) is 1. The van der Waals surface area contributed by atoms with E-state index in [-0.39, 0.29) is 12.7 Å². The number of amides is 1. The topological polar surface area (TPSA) is 47.6 Å². The minimum absolute atomic E-state index is 0.116. The van der Waals surface area contributed by atoms with Gasteiger partial charge in [-0.25, -0.2) is 0 Å². The molecule has 0 saturated carbocycles. The fraction of sp³-hybridized carbons (Fsp3) is 0.250. The third-order valence-electron chi connectivity index (χ3n) is 2.42. The van der Waals surface area contributed by atoms with Gasteiger partial charge in [0, 0.05) is 13.1 Å². The van der Waals surface area contributed by atoms with Crippen LogP contribution in [0.2, 0.25) is 0 Å². The molecule has 1 aromatic carbocycles. The normalized spacial score (nSPS) is 13.8. The second kappa shape index (κ2) is 4.26. The van der Waals surface area contributed by atoms with Gasteiger partial charge in [-0.05, 0) is 30.2 Å². The van der Waals surface area contributed by atoms with Crippen molar-refractivity contribution >= 4 is 11.5 Å². The Bertz CT molecular complexity index is 452. The molecule has 0 fully saturated rings. The Morgan fingerprint density at radius 2 is 2.12 bits per heavy atom. The fourth-order valence-corrected chi connectivity index (χ4v) is 1.49. The molecule has 1 amide bonds. The highest BCUT2D eigenvalue weighted by Gasteiger charge is 2.13. The molecular formula is C12H13NO3. The minimum Gasteiger partial charge on any atom is -0.454 e. The number of benzene rings is 1. The first-order chi connectivity index (χ1) is 7.70. The van der Waals surface area contributed by atoms with E-state index in [4.69, 9.17) is 9.47 Å². The van der Waals surface area contributed by atoms with E-state index in [0.29, 0.717) is 0 Å². The van der Waals surface area contributed by atoms with E-state index in [1.165, 1.54) is 0 Å². The molecular weight excluding hydrogens is 206 g/mol. The number of carbonyl (C=O) groups is 1. The third kappa shape index (κ3) is 2.00. The summed E-state index contributed by atoms with van der Waals surface area (Å²) in [5, 5.41) is 2.55. The van der Waals surface area contributed by atoms with Crippen LogP contribution in [0.25, 0.3) is 5.57 Å². The lowest BCUT2D eigenvalue weighted by Crippen LogP contribution is -2.14. The van der Waals surface area contributed by atoms with Gasteiger partial charge in [0.2, 0.25) is 12.7 Å². The predicted octanol–water partition coefficient (Wildman–Crippen LogP) is 1.56. The van der Waals surface area contributed by atoms with Gasteiger partial charge in [0.25, 0.3) is 0 Å². The van der Waals surface area contributed by atoms with Crippen LogP contribution in [-0.2, 0) is 4.79 Å². The molecule has 1 N–H and O–H groups in total. The highest BCUT2D eigenvalue weighted by molar-refractivity contribution is 5.94. The van der Waals surface area contributed by atoms with E-state index in [0.717, 1.165) is 22.6 Å². The highest BCUT2D eigenvalue weighted by atomic mass is 16.7. The Hall–Kier alpha value is -1.97. The van der Waals surface area contributed by atoms with Crippen molar-refractivity contribution in [1.29, 1.82) is 0 Å². The molecule has 0 saturated heterocycles. The molecule has 0 aliphatic carbocycles. The molecule has 0 spiro atoms. The molecule has 0 radical (unpaired) electrons. The lowest BCUT2D eigenvalue weighted by Gasteiger charge is -2.03. The number of carbonyl (C=O) groups excluding carboxylic acids is 1. The molecule has 2 rings (SSSR count). The van der Waals surface area contributed by atoms with Crippen LogP contribution in [0.3, 0.4) is 0 Å². The van der Waals surface area contributed by atoms with Crippen LogP contribution in [0.4, 0.5) is 0 Å². The van der Waals surface area contributed by atoms with Crippen LogP contribution in [0.15, 0.2) is 24.3 Å². The van der Waals surface area contributed by atoms with E-state index in [2.05, 4.69) is 5.32 Å². The molecule has 84 valence electrons. The Morgan fingerprint density at radius 3 is 2.88 bits per heavy atom. The fourth-order valence-electron chi connectivity index (χ4n) is 1.49. The van der Waals surface area contributed by atoms with Crippen molar-refractivity contribution in [2.24, 2.45) is 0 Å². The summed E-state index contributed by atoms with van der Waals surface area (Å²) in [7, 11) is 1.60. The molecule has 0 unspecified atom stereocenters. The average Bonchev–Trinajstić information content (AvgIpc) is 2.75. The zero-order valence-corrected chi connectivity index (χ0v) is 9.24. The largest absolute Gasteiger partial charge is 0.454 e. The summed E-state index contributed by atoms with van der Waals surface area (Å²) in [5.41, 5.74) is 1.84. The van der Waals surface area contributed by atoms with Gasteiger partial charge in [0.1, 0.15) is 0 Å². The first-order valence-corrected chi connectivity index (χ1v) is 5.01.